The van der Waals surface area contributed by atoms with Crippen LogP contribution in [0.25, 0.3) is 10.9 Å². The molecule has 3 aromatic heterocycles. The Balaban J connectivity index is 1.39. The molecule has 5 rings (SSSR count). The predicted molar refractivity (Wildman–Crippen MR) is 125 cm³/mol. The zero-order chi connectivity index (χ0) is 22.6. The molecule has 0 bridgehead atoms. The van der Waals surface area contributed by atoms with Gasteiger partial charge in [0.1, 0.15) is 17.5 Å². The molecule has 1 amide bonds. The third-order valence-electron chi connectivity index (χ3n) is 6.44. The normalized spacial score (nSPS) is 21.2. The number of hydrogen-bond donors (Lipinski definition) is 1. The number of pyridine rings is 2. The number of nitrogens with zero attached hydrogens (tertiary/aromatic N) is 5. The number of aromatic nitrogens is 4. The van der Waals surface area contributed by atoms with Crippen molar-refractivity contribution >= 4 is 22.6 Å². The highest BCUT2D eigenvalue weighted by molar-refractivity contribution is 6.00. The molecule has 9 heteroatoms. The Morgan fingerprint density at radius 3 is 2.76 bits per heavy atom. The zero-order valence-electron chi connectivity index (χ0n) is 18.9. The summed E-state index contributed by atoms with van der Waals surface area (Å²) in [5, 5.41) is 3.70. The molecule has 0 radical (unpaired) electrons. The van der Waals surface area contributed by atoms with Gasteiger partial charge in [-0.05, 0) is 38.7 Å². The van der Waals surface area contributed by atoms with Gasteiger partial charge in [0, 0.05) is 55.7 Å². The molecule has 1 N–H and O–H groups in total. The fraction of sp³-hybridized carbons (Fsp3) is 0.500. The monoisotopic (exact) mass is 450 g/mol. The summed E-state index contributed by atoms with van der Waals surface area (Å²) in [6, 6.07) is 4.27. The first-order valence-electron chi connectivity index (χ1n) is 11.8. The van der Waals surface area contributed by atoms with E-state index >= 15 is 0 Å². The van der Waals surface area contributed by atoms with E-state index in [4.69, 9.17) is 14.5 Å². The van der Waals surface area contributed by atoms with Crippen LogP contribution in [0.5, 0.6) is 5.88 Å². The van der Waals surface area contributed by atoms with Gasteiger partial charge in [0.05, 0.1) is 25.1 Å². The standard InChI is InChI=1S/C24H30N6O3/c1-2-26-23(31)20-13-17-15-27-22(29-9-11-32-12-10-29)14-21(17)28-24(20)33-19-5-3-18(4-6-19)30-8-7-25-16-30/h7-8,13-16,18-19H,2-6,9-12H2,1H3,(H,26,31). The van der Waals surface area contributed by atoms with Gasteiger partial charge in [-0.3, -0.25) is 4.79 Å². The Kier molecular flexibility index (Phi) is 6.39. The molecule has 0 atom stereocenters. The van der Waals surface area contributed by atoms with E-state index in [0.717, 1.165) is 55.5 Å². The van der Waals surface area contributed by atoms with Crippen molar-refractivity contribution in [1.82, 2.24) is 24.8 Å². The van der Waals surface area contributed by atoms with Crippen LogP contribution in [0, 0.1) is 0 Å². The highest BCUT2D eigenvalue weighted by Gasteiger charge is 2.26. The molecule has 9 nitrogen and oxygen atoms in total. The van der Waals surface area contributed by atoms with Crippen LogP contribution in [0.2, 0.25) is 0 Å². The van der Waals surface area contributed by atoms with E-state index in [1.165, 1.54) is 0 Å². The molecule has 3 aromatic rings. The molecular weight excluding hydrogens is 420 g/mol. The van der Waals surface area contributed by atoms with Crippen LogP contribution in [0.1, 0.15) is 49.0 Å². The minimum absolute atomic E-state index is 0.0310. The molecule has 0 spiro atoms. The Hall–Kier alpha value is -3.20. The van der Waals surface area contributed by atoms with Gasteiger partial charge in [-0.2, -0.15) is 0 Å². The van der Waals surface area contributed by atoms with Crippen molar-refractivity contribution in [2.45, 2.75) is 44.8 Å². The second-order valence-corrected chi connectivity index (χ2v) is 8.59. The van der Waals surface area contributed by atoms with Crippen LogP contribution in [-0.2, 0) is 4.74 Å². The summed E-state index contributed by atoms with van der Waals surface area (Å²) >= 11 is 0. The largest absolute Gasteiger partial charge is 0.474 e. The smallest absolute Gasteiger partial charge is 0.256 e. The molecule has 33 heavy (non-hydrogen) atoms. The van der Waals surface area contributed by atoms with Gasteiger partial charge >= 0.3 is 0 Å². The van der Waals surface area contributed by atoms with Crippen LogP contribution in [0.15, 0.2) is 37.1 Å². The SMILES string of the molecule is CCNC(=O)c1cc2cnc(N3CCOCC3)cc2nc1OC1CCC(n2ccnc2)CC1. The molecule has 0 unspecified atom stereocenters. The minimum Gasteiger partial charge on any atom is -0.474 e. The van der Waals surface area contributed by atoms with Crippen LogP contribution >= 0.6 is 0 Å². The summed E-state index contributed by atoms with van der Waals surface area (Å²) in [6.45, 7) is 5.44. The van der Waals surface area contributed by atoms with Crippen LogP contribution in [-0.4, -0.2) is 64.4 Å². The zero-order valence-corrected chi connectivity index (χ0v) is 18.9. The number of carbonyl (C=O) groups excluding carboxylic acids is 1. The number of anilines is 1. The maximum Gasteiger partial charge on any atom is 0.256 e. The molecule has 1 aliphatic carbocycles. The van der Waals surface area contributed by atoms with Gasteiger partial charge in [-0.15, -0.1) is 0 Å². The Bertz CT molecular complexity index is 1090. The van der Waals surface area contributed by atoms with Crippen molar-refractivity contribution < 1.29 is 14.3 Å². The van der Waals surface area contributed by atoms with Gasteiger partial charge in [0.25, 0.3) is 5.91 Å². The first-order chi connectivity index (χ1) is 16.2. The lowest BCUT2D eigenvalue weighted by molar-refractivity contribution is 0.0935. The molecule has 174 valence electrons. The summed E-state index contributed by atoms with van der Waals surface area (Å²) in [4.78, 5) is 28.6. The van der Waals surface area contributed by atoms with Gasteiger partial charge in [0.15, 0.2) is 0 Å². The average Bonchev–Trinajstić information content (AvgIpc) is 3.39. The van der Waals surface area contributed by atoms with Crippen LogP contribution < -0.4 is 15.0 Å². The van der Waals surface area contributed by atoms with Crippen molar-refractivity contribution in [1.29, 1.82) is 0 Å². The third-order valence-corrected chi connectivity index (χ3v) is 6.44. The lowest BCUT2D eigenvalue weighted by Gasteiger charge is -2.30. The summed E-state index contributed by atoms with van der Waals surface area (Å²) in [5.41, 5.74) is 1.24. The fourth-order valence-corrected chi connectivity index (χ4v) is 4.62. The van der Waals surface area contributed by atoms with Crippen molar-refractivity contribution in [2.24, 2.45) is 0 Å². The van der Waals surface area contributed by atoms with Crippen molar-refractivity contribution in [2.75, 3.05) is 37.7 Å². The molecule has 2 fully saturated rings. The molecule has 2 aliphatic rings. The number of carbonyl (C=O) groups is 1. The van der Waals surface area contributed by atoms with Gasteiger partial charge in [-0.25, -0.2) is 15.0 Å². The summed E-state index contributed by atoms with van der Waals surface area (Å²) in [7, 11) is 0. The molecule has 1 saturated heterocycles. The Morgan fingerprint density at radius 2 is 2.03 bits per heavy atom. The predicted octanol–water partition coefficient (Wildman–Crippen LogP) is 2.98. The number of ether oxygens (including phenoxy) is 2. The highest BCUT2D eigenvalue weighted by atomic mass is 16.5. The Morgan fingerprint density at radius 1 is 1.21 bits per heavy atom. The number of hydrogen-bond acceptors (Lipinski definition) is 7. The summed E-state index contributed by atoms with van der Waals surface area (Å²) < 4.78 is 14.0. The van der Waals surface area contributed by atoms with E-state index in [9.17, 15) is 4.79 Å². The molecule has 1 aliphatic heterocycles. The van der Waals surface area contributed by atoms with E-state index < -0.39 is 0 Å². The first kappa shape index (κ1) is 21.6. The van der Waals surface area contributed by atoms with Gasteiger partial charge in [0.2, 0.25) is 5.88 Å². The van der Waals surface area contributed by atoms with E-state index in [2.05, 4.69) is 24.8 Å². The number of morpholine rings is 1. The number of nitrogens with one attached hydrogen (secondary N) is 1. The second-order valence-electron chi connectivity index (χ2n) is 8.59. The summed E-state index contributed by atoms with van der Waals surface area (Å²) in [6.07, 6.45) is 11.4. The van der Waals surface area contributed by atoms with Crippen molar-refractivity contribution in [3.8, 4) is 5.88 Å². The van der Waals surface area contributed by atoms with Crippen LogP contribution in [0.4, 0.5) is 5.82 Å². The van der Waals surface area contributed by atoms with E-state index in [-0.39, 0.29) is 12.0 Å². The summed E-state index contributed by atoms with van der Waals surface area (Å²) in [5.74, 6) is 1.10. The van der Waals surface area contributed by atoms with E-state index in [1.807, 2.05) is 37.8 Å². The lowest BCUT2D eigenvalue weighted by Crippen LogP contribution is -2.36. The number of rotatable bonds is 6. The molecule has 4 heterocycles. The maximum absolute atomic E-state index is 12.8. The third kappa shape index (κ3) is 4.78. The molecule has 1 saturated carbocycles. The lowest BCUT2D eigenvalue weighted by atomic mass is 9.93. The topological polar surface area (TPSA) is 94.4 Å². The van der Waals surface area contributed by atoms with Gasteiger partial charge in [-0.1, -0.05) is 0 Å². The van der Waals surface area contributed by atoms with E-state index in [0.29, 0.717) is 37.2 Å². The van der Waals surface area contributed by atoms with Crippen LogP contribution in [0.3, 0.4) is 0 Å². The van der Waals surface area contributed by atoms with Crippen molar-refractivity contribution in [3.05, 3.63) is 42.6 Å². The number of imidazole rings is 1. The average molecular weight is 451 g/mol. The van der Waals surface area contributed by atoms with Gasteiger partial charge < -0.3 is 24.3 Å². The molecular formula is C24H30N6O3. The van der Waals surface area contributed by atoms with Crippen molar-refractivity contribution in [3.63, 3.8) is 0 Å². The first-order valence-corrected chi connectivity index (χ1v) is 11.8. The Labute approximate surface area is 193 Å². The maximum atomic E-state index is 12.8. The number of fused-ring (bicyclic) bond motifs is 1. The minimum atomic E-state index is -0.175. The second kappa shape index (κ2) is 9.74. The quantitative estimate of drug-likeness (QED) is 0.617. The molecule has 0 aromatic carbocycles. The highest BCUT2D eigenvalue weighted by Crippen LogP contribution is 2.32. The fourth-order valence-electron chi connectivity index (χ4n) is 4.62. The van der Waals surface area contributed by atoms with E-state index in [1.54, 1.807) is 6.20 Å². The number of amides is 1.